The average Bonchev–Trinajstić information content (AvgIpc) is 3.06. The third-order valence-electron chi connectivity index (χ3n) is 4.19. The third kappa shape index (κ3) is 3.72. The fourth-order valence-electron chi connectivity index (χ4n) is 2.90. The summed E-state index contributed by atoms with van der Waals surface area (Å²) in [5.41, 5.74) is 1.76. The number of benzene rings is 2. The van der Waals surface area contributed by atoms with Gasteiger partial charge in [0.1, 0.15) is 11.6 Å². The lowest BCUT2D eigenvalue weighted by atomic mass is 9.97. The van der Waals surface area contributed by atoms with E-state index in [0.29, 0.717) is 23.3 Å². The van der Waals surface area contributed by atoms with Gasteiger partial charge >= 0.3 is 5.97 Å². The molecule has 1 aliphatic rings. The van der Waals surface area contributed by atoms with Crippen LogP contribution >= 0.6 is 0 Å². The molecule has 2 aromatic carbocycles. The number of carboxylic acids is 1. The quantitative estimate of drug-likeness (QED) is 0.861. The first-order valence-electron chi connectivity index (χ1n) is 8.11. The van der Waals surface area contributed by atoms with E-state index in [9.17, 15) is 19.1 Å². The highest BCUT2D eigenvalue weighted by Gasteiger charge is 2.34. The molecule has 1 unspecified atom stereocenters. The van der Waals surface area contributed by atoms with Gasteiger partial charge in [0.25, 0.3) is 0 Å². The maximum atomic E-state index is 13.2. The van der Waals surface area contributed by atoms with Crippen LogP contribution in [0.3, 0.4) is 0 Å². The van der Waals surface area contributed by atoms with Crippen LogP contribution in [0.4, 0.5) is 4.39 Å². The number of hydrogen-bond donors (Lipinski definition) is 2. The number of rotatable bonds is 5. The van der Waals surface area contributed by atoms with Crippen molar-refractivity contribution in [2.24, 2.45) is 5.10 Å². The fraction of sp³-hybridized carbons (Fsp3) is 0.211. The van der Waals surface area contributed by atoms with Gasteiger partial charge in [0.2, 0.25) is 5.91 Å². The predicted molar refractivity (Wildman–Crippen MR) is 92.1 cm³/mol. The molecule has 134 valence electrons. The lowest BCUT2D eigenvalue weighted by Crippen LogP contribution is -2.27. The standard InChI is InChI=1S/C19H17FN2O4/c20-13-7-5-12(6-8-13)15-11-16(14-3-1-2-4-17(14)23)22(21-15)18(24)9-10-19(25)26/h1-8,16,23H,9-11H2,(H,25,26). The van der Waals surface area contributed by atoms with Gasteiger partial charge in [-0.15, -0.1) is 0 Å². The summed E-state index contributed by atoms with van der Waals surface area (Å²) < 4.78 is 13.2. The van der Waals surface area contributed by atoms with Crippen LogP contribution < -0.4 is 0 Å². The van der Waals surface area contributed by atoms with Crippen LogP contribution in [0.5, 0.6) is 5.75 Å². The molecule has 0 saturated carbocycles. The lowest BCUT2D eigenvalue weighted by molar-refractivity contribution is -0.141. The summed E-state index contributed by atoms with van der Waals surface area (Å²) in [6.45, 7) is 0. The Balaban J connectivity index is 1.93. The molecule has 1 aliphatic heterocycles. The van der Waals surface area contributed by atoms with Gasteiger partial charge in [-0.05, 0) is 23.8 Å². The van der Waals surface area contributed by atoms with E-state index >= 15 is 0 Å². The summed E-state index contributed by atoms with van der Waals surface area (Å²) in [4.78, 5) is 23.2. The van der Waals surface area contributed by atoms with Crippen LogP contribution in [0, 0.1) is 5.82 Å². The molecule has 2 aromatic rings. The van der Waals surface area contributed by atoms with Crippen LogP contribution in [0.15, 0.2) is 53.6 Å². The lowest BCUT2D eigenvalue weighted by Gasteiger charge is -2.22. The first-order chi connectivity index (χ1) is 12.5. The topological polar surface area (TPSA) is 90.2 Å². The highest BCUT2D eigenvalue weighted by molar-refractivity contribution is 6.03. The zero-order chi connectivity index (χ0) is 18.7. The van der Waals surface area contributed by atoms with Crippen LogP contribution in [-0.4, -0.2) is 32.8 Å². The summed E-state index contributed by atoms with van der Waals surface area (Å²) in [6.07, 6.45) is -0.161. The number of aliphatic carboxylic acids is 1. The van der Waals surface area contributed by atoms with Crippen molar-refractivity contribution in [2.45, 2.75) is 25.3 Å². The number of amides is 1. The summed E-state index contributed by atoms with van der Waals surface area (Å²) >= 11 is 0. The van der Waals surface area contributed by atoms with Crippen molar-refractivity contribution in [1.29, 1.82) is 0 Å². The van der Waals surface area contributed by atoms with Crippen molar-refractivity contribution < 1.29 is 24.2 Å². The Morgan fingerprint density at radius 3 is 2.46 bits per heavy atom. The number of carbonyl (C=O) groups excluding carboxylic acids is 1. The summed E-state index contributed by atoms with van der Waals surface area (Å²) in [7, 11) is 0. The number of nitrogens with zero attached hydrogens (tertiary/aromatic N) is 2. The number of phenols is 1. The molecule has 1 amide bonds. The minimum absolute atomic E-state index is 0.0316. The van der Waals surface area contributed by atoms with Gasteiger partial charge in [-0.3, -0.25) is 9.59 Å². The second-order valence-electron chi connectivity index (χ2n) is 5.96. The molecule has 2 N–H and O–H groups in total. The van der Waals surface area contributed by atoms with Crippen LogP contribution in [-0.2, 0) is 9.59 Å². The molecular weight excluding hydrogens is 339 g/mol. The minimum atomic E-state index is -1.07. The molecule has 6 nitrogen and oxygen atoms in total. The number of carbonyl (C=O) groups is 2. The molecule has 3 rings (SSSR count). The van der Waals surface area contributed by atoms with E-state index < -0.39 is 17.9 Å². The van der Waals surface area contributed by atoms with Crippen molar-refractivity contribution in [2.75, 3.05) is 0 Å². The molecule has 0 spiro atoms. The Morgan fingerprint density at radius 2 is 1.81 bits per heavy atom. The highest BCUT2D eigenvalue weighted by atomic mass is 19.1. The molecule has 0 aliphatic carbocycles. The molecule has 0 aromatic heterocycles. The molecular formula is C19H17FN2O4. The molecule has 0 fully saturated rings. The van der Waals surface area contributed by atoms with Gasteiger partial charge in [-0.2, -0.15) is 5.10 Å². The molecule has 7 heteroatoms. The third-order valence-corrected chi connectivity index (χ3v) is 4.19. The normalized spacial score (nSPS) is 16.4. The van der Waals surface area contributed by atoms with Crippen LogP contribution in [0.2, 0.25) is 0 Å². The van der Waals surface area contributed by atoms with Crippen molar-refractivity contribution in [1.82, 2.24) is 5.01 Å². The van der Waals surface area contributed by atoms with Crippen molar-refractivity contribution in [3.8, 4) is 5.75 Å². The number of carboxylic acid groups (broad SMARTS) is 1. The summed E-state index contributed by atoms with van der Waals surface area (Å²) in [5, 5.41) is 24.5. The molecule has 1 heterocycles. The van der Waals surface area contributed by atoms with Gasteiger partial charge in [-0.1, -0.05) is 30.3 Å². The van der Waals surface area contributed by atoms with Crippen molar-refractivity contribution in [3.05, 3.63) is 65.5 Å². The Morgan fingerprint density at radius 1 is 1.12 bits per heavy atom. The average molecular weight is 356 g/mol. The Hall–Kier alpha value is -3.22. The van der Waals surface area contributed by atoms with Gasteiger partial charge in [0, 0.05) is 18.4 Å². The van der Waals surface area contributed by atoms with Gasteiger partial charge in [0.15, 0.2) is 0 Å². The van der Waals surface area contributed by atoms with Crippen molar-refractivity contribution in [3.63, 3.8) is 0 Å². The number of para-hydroxylation sites is 1. The molecule has 1 atom stereocenters. The number of aromatic hydroxyl groups is 1. The largest absolute Gasteiger partial charge is 0.508 e. The van der Waals surface area contributed by atoms with E-state index in [0.717, 1.165) is 0 Å². The smallest absolute Gasteiger partial charge is 0.303 e. The first-order valence-corrected chi connectivity index (χ1v) is 8.11. The van der Waals surface area contributed by atoms with E-state index in [-0.39, 0.29) is 24.4 Å². The Kier molecular flexibility index (Phi) is 4.97. The molecule has 0 saturated heterocycles. The van der Waals surface area contributed by atoms with E-state index in [2.05, 4.69) is 5.10 Å². The SMILES string of the molecule is O=C(O)CCC(=O)N1N=C(c2ccc(F)cc2)CC1c1ccccc1O. The molecule has 0 bridgehead atoms. The second kappa shape index (κ2) is 7.35. The van der Waals surface area contributed by atoms with E-state index in [1.165, 1.54) is 23.2 Å². The number of hydrazone groups is 1. The number of hydrogen-bond acceptors (Lipinski definition) is 4. The van der Waals surface area contributed by atoms with E-state index in [4.69, 9.17) is 5.11 Å². The summed E-state index contributed by atoms with van der Waals surface area (Å²) in [6, 6.07) is 11.8. The minimum Gasteiger partial charge on any atom is -0.508 e. The van der Waals surface area contributed by atoms with Gasteiger partial charge in [-0.25, -0.2) is 9.40 Å². The zero-order valence-electron chi connectivity index (χ0n) is 13.8. The maximum absolute atomic E-state index is 13.2. The van der Waals surface area contributed by atoms with Gasteiger partial charge < -0.3 is 10.2 Å². The molecule has 26 heavy (non-hydrogen) atoms. The monoisotopic (exact) mass is 356 g/mol. The van der Waals surface area contributed by atoms with Crippen LogP contribution in [0.1, 0.15) is 36.4 Å². The van der Waals surface area contributed by atoms with E-state index in [1.54, 1.807) is 30.3 Å². The fourth-order valence-corrected chi connectivity index (χ4v) is 2.90. The number of halogens is 1. The van der Waals surface area contributed by atoms with Gasteiger partial charge in [0.05, 0.1) is 18.2 Å². The zero-order valence-corrected chi connectivity index (χ0v) is 13.8. The molecule has 0 radical (unpaired) electrons. The summed E-state index contributed by atoms with van der Waals surface area (Å²) in [5.74, 6) is -1.86. The highest BCUT2D eigenvalue weighted by Crippen LogP contribution is 2.37. The second-order valence-corrected chi connectivity index (χ2v) is 5.96. The number of phenolic OH excluding ortho intramolecular Hbond substituents is 1. The predicted octanol–water partition coefficient (Wildman–Crippen LogP) is 3.07. The Bertz CT molecular complexity index is 864. The van der Waals surface area contributed by atoms with E-state index in [1.807, 2.05) is 0 Å². The maximum Gasteiger partial charge on any atom is 0.303 e. The van der Waals surface area contributed by atoms with Crippen molar-refractivity contribution >= 4 is 17.6 Å². The first kappa shape index (κ1) is 17.6. The Labute approximate surface area is 149 Å². The van der Waals surface area contributed by atoms with Crippen LogP contribution in [0.25, 0.3) is 0 Å².